The molecule has 1 saturated heterocycles. The molecule has 4 aromatic rings. The maximum absolute atomic E-state index is 14.6. The number of Topliss-reactive ketones (excluding diaryl/α,β-unsaturated/α-hetero) is 1. The molecule has 216 valence electrons. The van der Waals surface area contributed by atoms with Gasteiger partial charge in [-0.15, -0.1) is 0 Å². The molecule has 0 radical (unpaired) electrons. The molecule has 1 amide bonds. The number of aromatic nitrogens is 1. The topological polar surface area (TPSA) is 111 Å². The molecule has 3 atom stereocenters. The van der Waals surface area contributed by atoms with Crippen molar-refractivity contribution in [1.82, 2.24) is 8.87 Å². The number of nitrogens with zero attached hydrogens (tertiary/aromatic N) is 2. The molecular weight excluding hydrogens is 572 g/mol. The molecule has 1 aromatic heterocycles. The van der Waals surface area contributed by atoms with Crippen molar-refractivity contribution in [2.45, 2.75) is 59.6 Å². The molecule has 0 spiro atoms. The maximum Gasteiger partial charge on any atom is 0.268 e. The molecule has 10 heteroatoms. The lowest BCUT2D eigenvalue weighted by atomic mass is 9.69. The summed E-state index contributed by atoms with van der Waals surface area (Å²) >= 11 is 0. The average Bonchev–Trinajstić information content (AvgIpc) is 3.33. The zero-order valence-electron chi connectivity index (χ0n) is 23.1. The maximum atomic E-state index is 14.6. The zero-order chi connectivity index (χ0) is 29.4. The number of carbonyl (C=O) groups excluding carboxylic acids is 2. The molecule has 2 aliphatic heterocycles. The van der Waals surface area contributed by atoms with E-state index in [2.05, 4.69) is 0 Å². The molecule has 3 aromatic carbocycles. The lowest BCUT2D eigenvalue weighted by Gasteiger charge is -2.53. The van der Waals surface area contributed by atoms with Gasteiger partial charge in [-0.2, -0.15) is 0 Å². The van der Waals surface area contributed by atoms with E-state index in [0.717, 1.165) is 16.5 Å². The number of hydrogen-bond acceptors (Lipinski definition) is 6. The minimum absolute atomic E-state index is 0.0140. The average molecular weight is 603 g/mol. The van der Waals surface area contributed by atoms with Crippen molar-refractivity contribution in [2.75, 3.05) is 6.54 Å². The van der Waals surface area contributed by atoms with Gasteiger partial charge in [-0.05, 0) is 68.0 Å². The number of para-hydroxylation sites is 1. The van der Waals surface area contributed by atoms with Crippen LogP contribution in [-0.2, 0) is 35.9 Å². The lowest BCUT2D eigenvalue weighted by molar-refractivity contribution is -0.147. The van der Waals surface area contributed by atoms with Gasteiger partial charge in [-0.25, -0.2) is 20.8 Å². The number of ketones is 1. The Bertz CT molecular complexity index is 1980. The van der Waals surface area contributed by atoms with E-state index in [9.17, 15) is 26.4 Å². The lowest BCUT2D eigenvalue weighted by Crippen LogP contribution is -2.65. The second-order valence-corrected chi connectivity index (χ2v) is 15.6. The molecule has 0 N–H and O–H groups in total. The third-order valence-electron chi connectivity index (χ3n) is 9.40. The second kappa shape index (κ2) is 9.37. The van der Waals surface area contributed by atoms with Crippen molar-refractivity contribution in [2.24, 2.45) is 5.92 Å². The van der Waals surface area contributed by atoms with Gasteiger partial charge in [-0.1, -0.05) is 54.1 Å². The Morgan fingerprint density at radius 1 is 0.810 bits per heavy atom. The first-order chi connectivity index (χ1) is 20.1. The molecule has 2 fully saturated rings. The van der Waals surface area contributed by atoms with Crippen LogP contribution in [0, 0.1) is 12.8 Å². The Labute approximate surface area is 244 Å². The number of benzene rings is 3. The summed E-state index contributed by atoms with van der Waals surface area (Å²) < 4.78 is 56.8. The molecule has 0 bridgehead atoms. The Kier molecular flexibility index (Phi) is 6.05. The van der Waals surface area contributed by atoms with Gasteiger partial charge in [0.05, 0.1) is 27.0 Å². The predicted molar refractivity (Wildman–Crippen MR) is 157 cm³/mol. The highest BCUT2D eigenvalue weighted by atomic mass is 32.2. The Balaban J connectivity index is 1.44. The van der Waals surface area contributed by atoms with Crippen LogP contribution in [0.15, 0.2) is 88.7 Å². The van der Waals surface area contributed by atoms with Crippen molar-refractivity contribution < 1.29 is 26.4 Å². The SMILES string of the molecule is Cc1ccc(S(=O)(=O)n2c3c(c4ccccc42)CCN2C(=O)[C@]4(S(=O)(=O)c5ccccc5)CCC(=O)C[C@@H]4C[C@H]32)cc1. The number of fused-ring (bicyclic) bond motifs is 6. The van der Waals surface area contributed by atoms with E-state index >= 15 is 0 Å². The molecule has 3 aliphatic rings. The largest absolute Gasteiger partial charge is 0.332 e. The van der Waals surface area contributed by atoms with Gasteiger partial charge in [0.1, 0.15) is 5.78 Å². The van der Waals surface area contributed by atoms with Crippen molar-refractivity contribution >= 4 is 42.5 Å². The fourth-order valence-corrected chi connectivity index (χ4v) is 11.3. The molecule has 3 heterocycles. The summed E-state index contributed by atoms with van der Waals surface area (Å²) in [6.45, 7) is 2.15. The Morgan fingerprint density at radius 2 is 1.50 bits per heavy atom. The van der Waals surface area contributed by atoms with Crippen LogP contribution in [0.5, 0.6) is 0 Å². The number of rotatable bonds is 4. The van der Waals surface area contributed by atoms with E-state index in [1.807, 2.05) is 19.1 Å². The summed E-state index contributed by atoms with van der Waals surface area (Å²) in [5.74, 6) is -1.39. The van der Waals surface area contributed by atoms with E-state index in [4.69, 9.17) is 0 Å². The Hall–Kier alpha value is -3.76. The third kappa shape index (κ3) is 3.64. The van der Waals surface area contributed by atoms with E-state index in [1.54, 1.807) is 59.5 Å². The minimum atomic E-state index is -4.16. The summed E-state index contributed by atoms with van der Waals surface area (Å²) in [4.78, 5) is 29.2. The first-order valence-corrected chi connectivity index (χ1v) is 17.1. The summed E-state index contributed by atoms with van der Waals surface area (Å²) in [5.41, 5.74) is 2.78. The summed E-state index contributed by atoms with van der Waals surface area (Å²) in [6.07, 6.45) is 0.464. The second-order valence-electron chi connectivity index (χ2n) is 11.6. The van der Waals surface area contributed by atoms with Gasteiger partial charge in [0.15, 0.2) is 14.6 Å². The first-order valence-electron chi connectivity index (χ1n) is 14.1. The number of carbonyl (C=O) groups is 2. The Morgan fingerprint density at radius 3 is 2.24 bits per heavy atom. The highest BCUT2D eigenvalue weighted by molar-refractivity contribution is 7.93. The number of sulfone groups is 1. The van der Waals surface area contributed by atoms with Crippen LogP contribution < -0.4 is 0 Å². The van der Waals surface area contributed by atoms with Gasteiger partial charge < -0.3 is 4.90 Å². The van der Waals surface area contributed by atoms with Crippen LogP contribution >= 0.6 is 0 Å². The van der Waals surface area contributed by atoms with Crippen molar-refractivity contribution in [3.05, 3.63) is 95.7 Å². The predicted octanol–water partition coefficient (Wildman–Crippen LogP) is 4.60. The molecule has 8 nitrogen and oxygen atoms in total. The van der Waals surface area contributed by atoms with Crippen LogP contribution in [-0.4, -0.2) is 48.7 Å². The number of hydrogen-bond donors (Lipinski definition) is 0. The standard InChI is InChI=1S/C32H30N2O6S2/c1-21-11-13-25(14-12-21)42(39,40)34-28-10-6-5-9-26(28)27-16-18-33-29(30(27)34)20-22-19-23(35)15-17-32(22,31(33)36)41(37,38)24-7-3-2-4-8-24/h2-14,22,29H,15-20H2,1H3/t22-,29-,32+/m1/s1. The van der Waals surface area contributed by atoms with Crippen molar-refractivity contribution in [3.8, 4) is 0 Å². The molecular formula is C32H30N2O6S2. The molecule has 0 unspecified atom stereocenters. The van der Waals surface area contributed by atoms with Gasteiger partial charge in [0.2, 0.25) is 5.91 Å². The summed E-state index contributed by atoms with van der Waals surface area (Å²) in [6, 6.07) is 21.2. The van der Waals surface area contributed by atoms with Crippen LogP contribution in [0.2, 0.25) is 0 Å². The van der Waals surface area contributed by atoms with Crippen LogP contribution in [0.3, 0.4) is 0 Å². The van der Waals surface area contributed by atoms with Crippen molar-refractivity contribution in [1.29, 1.82) is 0 Å². The number of piperidine rings is 1. The van der Waals surface area contributed by atoms with Crippen LogP contribution in [0.1, 0.15) is 48.5 Å². The molecule has 1 saturated carbocycles. The smallest absolute Gasteiger partial charge is 0.268 e. The number of amides is 1. The van der Waals surface area contributed by atoms with Crippen LogP contribution in [0.4, 0.5) is 0 Å². The van der Waals surface area contributed by atoms with Gasteiger partial charge in [-0.3, -0.25) is 9.59 Å². The molecule has 42 heavy (non-hydrogen) atoms. The van der Waals surface area contributed by atoms with Gasteiger partial charge in [0, 0.05) is 24.8 Å². The van der Waals surface area contributed by atoms with Gasteiger partial charge >= 0.3 is 0 Å². The summed E-state index contributed by atoms with van der Waals surface area (Å²) in [7, 11) is -8.24. The molecule has 1 aliphatic carbocycles. The summed E-state index contributed by atoms with van der Waals surface area (Å²) in [5, 5.41) is 0.795. The fourth-order valence-electron chi connectivity index (χ4n) is 7.41. The quantitative estimate of drug-likeness (QED) is 0.338. The third-order valence-corrected chi connectivity index (χ3v) is 13.7. The van der Waals surface area contributed by atoms with E-state index in [1.165, 1.54) is 16.1 Å². The van der Waals surface area contributed by atoms with Gasteiger partial charge in [0.25, 0.3) is 10.0 Å². The number of aryl methyl sites for hydroxylation is 1. The highest BCUT2D eigenvalue weighted by Crippen LogP contribution is 2.54. The van der Waals surface area contributed by atoms with E-state index in [0.29, 0.717) is 17.6 Å². The monoisotopic (exact) mass is 602 g/mol. The van der Waals surface area contributed by atoms with Crippen LogP contribution in [0.25, 0.3) is 10.9 Å². The normalized spacial score (nSPS) is 24.3. The minimum Gasteiger partial charge on any atom is -0.332 e. The first kappa shape index (κ1) is 27.1. The zero-order valence-corrected chi connectivity index (χ0v) is 24.7. The van der Waals surface area contributed by atoms with E-state index in [-0.39, 0.29) is 47.8 Å². The molecule has 7 rings (SSSR count). The van der Waals surface area contributed by atoms with Crippen molar-refractivity contribution in [3.63, 3.8) is 0 Å². The highest BCUT2D eigenvalue weighted by Gasteiger charge is 2.64. The fraction of sp³-hybridized carbons (Fsp3) is 0.312. The van der Waals surface area contributed by atoms with E-state index < -0.39 is 42.5 Å².